The van der Waals surface area contributed by atoms with Crippen LogP contribution in [0.2, 0.25) is 0 Å². The van der Waals surface area contributed by atoms with Crippen molar-refractivity contribution in [3.8, 4) is 5.75 Å². The summed E-state index contributed by atoms with van der Waals surface area (Å²) < 4.78 is 5.11. The van der Waals surface area contributed by atoms with Gasteiger partial charge in [0.25, 0.3) is 11.4 Å². The maximum absolute atomic E-state index is 13.5. The Bertz CT molecular complexity index is 1260. The average Bonchev–Trinajstić information content (AvgIpc) is 2.77. The van der Waals surface area contributed by atoms with Crippen LogP contribution in [0, 0.1) is 25.6 Å². The van der Waals surface area contributed by atoms with Crippen LogP contribution in [0.25, 0.3) is 0 Å². The van der Waals surface area contributed by atoms with Gasteiger partial charge in [0, 0.05) is 42.2 Å². The second-order valence-corrected chi connectivity index (χ2v) is 9.25. The molecule has 0 aromatic heterocycles. The summed E-state index contributed by atoms with van der Waals surface area (Å²) in [4.78, 5) is 50.2. The Labute approximate surface area is 195 Å². The monoisotopic (exact) mass is 465 g/mol. The molecular weight excluding hydrogens is 442 g/mol. The van der Waals surface area contributed by atoms with Gasteiger partial charge in [-0.2, -0.15) is 0 Å². The SMILES string of the molecule is COc1ccc(N2C(=O)CC(c3cccc([N+](=O)[O-])c3)C3=C2CC(C)(C)CC3=O)c([N+](=O)[O-])c1. The van der Waals surface area contributed by atoms with E-state index >= 15 is 0 Å². The maximum atomic E-state index is 13.5. The molecule has 0 saturated carbocycles. The van der Waals surface area contributed by atoms with Gasteiger partial charge in [-0.1, -0.05) is 26.0 Å². The highest BCUT2D eigenvalue weighted by Crippen LogP contribution is 2.49. The van der Waals surface area contributed by atoms with E-state index in [4.69, 9.17) is 4.74 Å². The Morgan fingerprint density at radius 2 is 1.76 bits per heavy atom. The Balaban J connectivity index is 1.94. The molecule has 1 unspecified atom stereocenters. The van der Waals surface area contributed by atoms with Crippen molar-refractivity contribution in [1.29, 1.82) is 0 Å². The molecule has 34 heavy (non-hydrogen) atoms. The zero-order valence-corrected chi connectivity index (χ0v) is 18.9. The normalized spacial score (nSPS) is 19.6. The van der Waals surface area contributed by atoms with Crippen LogP contribution < -0.4 is 9.64 Å². The molecule has 0 fully saturated rings. The number of carbonyl (C=O) groups excluding carboxylic acids is 2. The lowest BCUT2D eigenvalue weighted by atomic mass is 9.69. The van der Waals surface area contributed by atoms with Crippen LogP contribution in [0.3, 0.4) is 0 Å². The van der Waals surface area contributed by atoms with E-state index in [-0.39, 0.29) is 41.4 Å². The van der Waals surface area contributed by atoms with Crippen LogP contribution in [0.1, 0.15) is 44.6 Å². The van der Waals surface area contributed by atoms with E-state index in [9.17, 15) is 29.8 Å². The first-order valence-corrected chi connectivity index (χ1v) is 10.7. The predicted molar refractivity (Wildman–Crippen MR) is 123 cm³/mol. The van der Waals surface area contributed by atoms with E-state index in [1.807, 2.05) is 13.8 Å². The number of allylic oxidation sites excluding steroid dienone is 2. The third kappa shape index (κ3) is 4.02. The summed E-state index contributed by atoms with van der Waals surface area (Å²) in [6, 6.07) is 10.1. The molecule has 2 aromatic rings. The number of anilines is 1. The Morgan fingerprint density at radius 3 is 2.41 bits per heavy atom. The average molecular weight is 465 g/mol. The number of carbonyl (C=O) groups is 2. The van der Waals surface area contributed by atoms with Gasteiger partial charge in [-0.25, -0.2) is 0 Å². The smallest absolute Gasteiger partial charge is 0.297 e. The number of nitrogens with zero attached hydrogens (tertiary/aromatic N) is 3. The molecule has 0 radical (unpaired) electrons. The van der Waals surface area contributed by atoms with Crippen molar-refractivity contribution in [3.05, 3.63) is 79.5 Å². The van der Waals surface area contributed by atoms with Gasteiger partial charge in [0.15, 0.2) is 5.78 Å². The summed E-state index contributed by atoms with van der Waals surface area (Å²) in [7, 11) is 1.39. The fraction of sp³-hybridized carbons (Fsp3) is 0.333. The van der Waals surface area contributed by atoms with Crippen LogP contribution in [0.15, 0.2) is 53.7 Å². The molecule has 1 heterocycles. The van der Waals surface area contributed by atoms with Gasteiger partial charge in [-0.05, 0) is 29.5 Å². The lowest BCUT2D eigenvalue weighted by molar-refractivity contribution is -0.385. The highest BCUT2D eigenvalue weighted by Gasteiger charge is 2.45. The molecule has 0 spiro atoms. The zero-order valence-electron chi connectivity index (χ0n) is 18.9. The number of methoxy groups -OCH3 is 1. The van der Waals surface area contributed by atoms with Crippen molar-refractivity contribution in [2.24, 2.45) is 5.41 Å². The lowest BCUT2D eigenvalue weighted by Gasteiger charge is -2.42. The van der Waals surface area contributed by atoms with Gasteiger partial charge in [0.05, 0.1) is 23.0 Å². The van der Waals surface area contributed by atoms with E-state index in [2.05, 4.69) is 0 Å². The Morgan fingerprint density at radius 1 is 1.03 bits per heavy atom. The molecule has 2 aromatic carbocycles. The third-order valence-corrected chi connectivity index (χ3v) is 6.25. The first kappa shape index (κ1) is 23.1. The second-order valence-electron chi connectivity index (χ2n) is 9.25. The largest absolute Gasteiger partial charge is 0.496 e. The number of Topliss-reactive ketones (excluding diaryl/α,β-unsaturated/α-hetero) is 1. The number of rotatable bonds is 5. The molecule has 10 heteroatoms. The van der Waals surface area contributed by atoms with Gasteiger partial charge in [0.2, 0.25) is 5.91 Å². The van der Waals surface area contributed by atoms with E-state index in [0.29, 0.717) is 23.3 Å². The third-order valence-electron chi connectivity index (χ3n) is 6.25. The zero-order chi connectivity index (χ0) is 24.8. The Hall–Kier alpha value is -4.08. The standard InChI is InChI=1S/C24H23N3O7/c1-24(2)12-20-23(21(28)13-24)17(14-5-4-6-15(9-14)26(30)31)11-22(29)25(20)18-8-7-16(34-3)10-19(18)27(32)33/h4-10,17H,11-13H2,1-3H3. The lowest BCUT2D eigenvalue weighted by Crippen LogP contribution is -2.44. The van der Waals surface area contributed by atoms with Gasteiger partial charge in [0.1, 0.15) is 11.4 Å². The minimum atomic E-state index is -0.667. The number of non-ortho nitro benzene ring substituents is 1. The van der Waals surface area contributed by atoms with E-state index < -0.39 is 27.1 Å². The van der Waals surface area contributed by atoms with Crippen LogP contribution in [0.4, 0.5) is 17.1 Å². The molecule has 1 atom stereocenters. The summed E-state index contributed by atoms with van der Waals surface area (Å²) in [6.45, 7) is 3.80. The molecule has 0 bridgehead atoms. The summed E-state index contributed by atoms with van der Waals surface area (Å²) in [5, 5.41) is 23.1. The number of ether oxygens (including phenoxy) is 1. The first-order valence-electron chi connectivity index (χ1n) is 10.7. The second kappa shape index (κ2) is 8.36. The summed E-state index contributed by atoms with van der Waals surface area (Å²) >= 11 is 0. The predicted octanol–water partition coefficient (Wildman–Crippen LogP) is 4.68. The van der Waals surface area contributed by atoms with Crippen LogP contribution >= 0.6 is 0 Å². The Kier molecular flexibility index (Phi) is 5.68. The molecule has 1 aliphatic heterocycles. The molecule has 2 aliphatic rings. The van der Waals surface area contributed by atoms with Crippen molar-refractivity contribution < 1.29 is 24.2 Å². The van der Waals surface area contributed by atoms with Crippen LogP contribution in [-0.2, 0) is 9.59 Å². The van der Waals surface area contributed by atoms with Crippen molar-refractivity contribution >= 4 is 28.8 Å². The topological polar surface area (TPSA) is 133 Å². The number of ketones is 1. The van der Waals surface area contributed by atoms with Gasteiger partial charge < -0.3 is 4.74 Å². The quantitative estimate of drug-likeness (QED) is 0.462. The molecule has 1 amide bonds. The molecular formula is C24H23N3O7. The van der Waals surface area contributed by atoms with E-state index in [0.717, 1.165) is 0 Å². The van der Waals surface area contributed by atoms with E-state index in [1.165, 1.54) is 48.4 Å². The van der Waals surface area contributed by atoms with E-state index in [1.54, 1.807) is 6.07 Å². The number of benzene rings is 2. The number of nitro groups is 2. The van der Waals surface area contributed by atoms with Crippen molar-refractivity contribution in [3.63, 3.8) is 0 Å². The summed E-state index contributed by atoms with van der Waals surface area (Å²) in [5.41, 5.74) is 0.415. The highest BCUT2D eigenvalue weighted by molar-refractivity contribution is 6.08. The summed E-state index contributed by atoms with van der Waals surface area (Å²) in [5.74, 6) is -0.992. The molecule has 10 nitrogen and oxygen atoms in total. The highest BCUT2D eigenvalue weighted by atomic mass is 16.6. The molecule has 4 rings (SSSR count). The van der Waals surface area contributed by atoms with Crippen LogP contribution in [-0.4, -0.2) is 28.6 Å². The van der Waals surface area contributed by atoms with Gasteiger partial charge in [-0.15, -0.1) is 0 Å². The fourth-order valence-corrected chi connectivity index (χ4v) is 4.80. The minimum Gasteiger partial charge on any atom is -0.496 e. The molecule has 0 saturated heterocycles. The minimum absolute atomic E-state index is 0.0614. The fourth-order valence-electron chi connectivity index (χ4n) is 4.80. The van der Waals surface area contributed by atoms with Crippen molar-refractivity contribution in [1.82, 2.24) is 0 Å². The number of nitro benzene ring substituents is 2. The number of hydrogen-bond donors (Lipinski definition) is 0. The molecule has 176 valence electrons. The first-order chi connectivity index (χ1) is 16.0. The van der Waals surface area contributed by atoms with Crippen LogP contribution in [0.5, 0.6) is 5.75 Å². The van der Waals surface area contributed by atoms with Crippen molar-refractivity contribution in [2.45, 2.75) is 39.0 Å². The molecule has 1 aliphatic carbocycles. The molecule has 0 N–H and O–H groups in total. The number of hydrogen-bond acceptors (Lipinski definition) is 7. The van der Waals surface area contributed by atoms with Gasteiger partial charge >= 0.3 is 0 Å². The maximum Gasteiger partial charge on any atom is 0.297 e. The number of amides is 1. The van der Waals surface area contributed by atoms with Gasteiger partial charge in [-0.3, -0.25) is 34.7 Å². The summed E-state index contributed by atoms with van der Waals surface area (Å²) in [6.07, 6.45) is 0.438. The van der Waals surface area contributed by atoms with Crippen molar-refractivity contribution in [2.75, 3.05) is 12.0 Å².